The molecule has 7 nitrogen and oxygen atoms in total. The third-order valence-corrected chi connectivity index (χ3v) is 5.09. The molecule has 1 aliphatic rings. The van der Waals surface area contributed by atoms with Crippen molar-refractivity contribution in [1.82, 2.24) is 15.2 Å². The number of fused-ring (bicyclic) bond motifs is 1. The maximum atomic E-state index is 12.6. The number of aromatic nitrogens is 1. The summed E-state index contributed by atoms with van der Waals surface area (Å²) in [5.41, 5.74) is 1.24. The Kier molecular flexibility index (Phi) is 7.02. The van der Waals surface area contributed by atoms with E-state index in [1.165, 1.54) is 4.90 Å². The molecule has 1 aliphatic heterocycles. The summed E-state index contributed by atoms with van der Waals surface area (Å²) < 4.78 is 5.42. The number of carbonyl (C=O) groups is 2. The van der Waals surface area contributed by atoms with Gasteiger partial charge in [-0.3, -0.25) is 14.7 Å². The SMILES string of the molecule is CC(C)(C)OC(=O)N1CCC[C@H]1C(=O)NCCCNc1ccnc2cc(Cl)ccc12. The average Bonchev–Trinajstić information content (AvgIpc) is 3.16. The van der Waals surface area contributed by atoms with E-state index in [1.807, 2.05) is 45.0 Å². The van der Waals surface area contributed by atoms with Gasteiger partial charge in [-0.25, -0.2) is 4.79 Å². The van der Waals surface area contributed by atoms with Gasteiger partial charge in [-0.15, -0.1) is 0 Å². The maximum absolute atomic E-state index is 12.6. The molecule has 0 saturated carbocycles. The number of hydrogen-bond donors (Lipinski definition) is 2. The summed E-state index contributed by atoms with van der Waals surface area (Å²) in [6.45, 7) is 7.24. The Morgan fingerprint density at radius 2 is 2.07 bits per heavy atom. The van der Waals surface area contributed by atoms with Crippen LogP contribution in [0.15, 0.2) is 30.5 Å². The molecule has 1 aromatic heterocycles. The molecule has 1 aromatic carbocycles. The fourth-order valence-corrected chi connectivity index (χ4v) is 3.66. The number of halogens is 1. The van der Waals surface area contributed by atoms with Crippen molar-refractivity contribution in [3.8, 4) is 0 Å². The van der Waals surface area contributed by atoms with Crippen LogP contribution >= 0.6 is 11.6 Å². The highest BCUT2D eigenvalue weighted by atomic mass is 35.5. The van der Waals surface area contributed by atoms with Gasteiger partial charge >= 0.3 is 6.09 Å². The predicted molar refractivity (Wildman–Crippen MR) is 119 cm³/mol. The summed E-state index contributed by atoms with van der Waals surface area (Å²) in [5, 5.41) is 7.99. The predicted octanol–water partition coefficient (Wildman–Crippen LogP) is 4.21. The Morgan fingerprint density at radius 3 is 2.83 bits per heavy atom. The van der Waals surface area contributed by atoms with Crippen molar-refractivity contribution in [2.24, 2.45) is 0 Å². The van der Waals surface area contributed by atoms with Crippen molar-refractivity contribution in [1.29, 1.82) is 0 Å². The lowest BCUT2D eigenvalue weighted by atomic mass is 10.2. The van der Waals surface area contributed by atoms with Crippen LogP contribution in [-0.4, -0.2) is 53.2 Å². The van der Waals surface area contributed by atoms with Gasteiger partial charge in [-0.2, -0.15) is 0 Å². The van der Waals surface area contributed by atoms with Gasteiger partial charge in [0.2, 0.25) is 5.91 Å². The average molecular weight is 433 g/mol. The molecule has 0 aliphatic carbocycles. The molecule has 1 atom stereocenters. The summed E-state index contributed by atoms with van der Waals surface area (Å²) >= 11 is 6.03. The molecule has 2 heterocycles. The first-order chi connectivity index (χ1) is 14.2. The highest BCUT2D eigenvalue weighted by molar-refractivity contribution is 6.31. The van der Waals surface area contributed by atoms with Gasteiger partial charge in [0.05, 0.1) is 5.52 Å². The number of nitrogens with zero attached hydrogens (tertiary/aromatic N) is 2. The first-order valence-electron chi connectivity index (χ1n) is 10.3. The van der Waals surface area contributed by atoms with Crippen LogP contribution < -0.4 is 10.6 Å². The van der Waals surface area contributed by atoms with Gasteiger partial charge in [-0.05, 0) is 64.3 Å². The number of nitrogens with one attached hydrogen (secondary N) is 2. The number of likely N-dealkylation sites (tertiary alicyclic amines) is 1. The first-order valence-corrected chi connectivity index (χ1v) is 10.7. The van der Waals surface area contributed by atoms with Crippen LogP contribution in [0.3, 0.4) is 0 Å². The van der Waals surface area contributed by atoms with E-state index in [2.05, 4.69) is 15.6 Å². The van der Waals surface area contributed by atoms with E-state index in [-0.39, 0.29) is 5.91 Å². The van der Waals surface area contributed by atoms with Gasteiger partial charge in [-0.1, -0.05) is 11.6 Å². The Bertz CT molecular complexity index is 913. The molecule has 162 valence electrons. The Balaban J connectivity index is 1.45. The maximum Gasteiger partial charge on any atom is 0.410 e. The lowest BCUT2D eigenvalue weighted by Crippen LogP contribution is -2.47. The van der Waals surface area contributed by atoms with E-state index in [0.717, 1.165) is 29.4 Å². The summed E-state index contributed by atoms with van der Waals surface area (Å²) in [4.78, 5) is 30.8. The van der Waals surface area contributed by atoms with Crippen molar-refractivity contribution in [2.75, 3.05) is 25.0 Å². The van der Waals surface area contributed by atoms with Crippen molar-refractivity contribution in [2.45, 2.75) is 51.7 Å². The molecular weight excluding hydrogens is 404 g/mol. The van der Waals surface area contributed by atoms with Crippen LogP contribution in [0.4, 0.5) is 10.5 Å². The number of anilines is 1. The Hall–Kier alpha value is -2.54. The van der Waals surface area contributed by atoms with Crippen LogP contribution in [0.25, 0.3) is 10.9 Å². The van der Waals surface area contributed by atoms with Crippen molar-refractivity contribution < 1.29 is 14.3 Å². The molecule has 3 rings (SSSR count). The van der Waals surface area contributed by atoms with Crippen LogP contribution in [0.1, 0.15) is 40.0 Å². The number of hydrogen-bond acceptors (Lipinski definition) is 5. The fourth-order valence-electron chi connectivity index (χ4n) is 3.49. The number of pyridine rings is 1. The zero-order chi connectivity index (χ0) is 21.7. The number of rotatable bonds is 6. The van der Waals surface area contributed by atoms with Gasteiger partial charge < -0.3 is 15.4 Å². The summed E-state index contributed by atoms with van der Waals surface area (Å²) in [5.74, 6) is -0.123. The summed E-state index contributed by atoms with van der Waals surface area (Å²) in [6, 6.07) is 7.09. The second-order valence-electron chi connectivity index (χ2n) is 8.42. The molecule has 2 N–H and O–H groups in total. The zero-order valence-corrected chi connectivity index (χ0v) is 18.5. The number of ether oxygens (including phenoxy) is 1. The summed E-state index contributed by atoms with van der Waals surface area (Å²) in [7, 11) is 0. The monoisotopic (exact) mass is 432 g/mol. The van der Waals surface area contributed by atoms with Crippen molar-refractivity contribution in [3.63, 3.8) is 0 Å². The first kappa shape index (κ1) is 22.2. The highest BCUT2D eigenvalue weighted by Crippen LogP contribution is 2.24. The Labute approximate surface area is 182 Å². The van der Waals surface area contributed by atoms with Crippen LogP contribution in [0.5, 0.6) is 0 Å². The zero-order valence-electron chi connectivity index (χ0n) is 17.7. The van der Waals surface area contributed by atoms with Gasteiger partial charge in [0.15, 0.2) is 0 Å². The number of amides is 2. The topological polar surface area (TPSA) is 83.6 Å². The van der Waals surface area contributed by atoms with E-state index in [1.54, 1.807) is 6.20 Å². The number of carbonyl (C=O) groups excluding carboxylic acids is 2. The van der Waals surface area contributed by atoms with Crippen molar-refractivity contribution in [3.05, 3.63) is 35.5 Å². The molecule has 0 unspecified atom stereocenters. The lowest BCUT2D eigenvalue weighted by Gasteiger charge is -2.28. The van der Waals surface area contributed by atoms with E-state index in [4.69, 9.17) is 16.3 Å². The van der Waals surface area contributed by atoms with Crippen LogP contribution in [0.2, 0.25) is 5.02 Å². The minimum absolute atomic E-state index is 0.123. The van der Waals surface area contributed by atoms with E-state index < -0.39 is 17.7 Å². The van der Waals surface area contributed by atoms with E-state index in [0.29, 0.717) is 31.1 Å². The van der Waals surface area contributed by atoms with Crippen LogP contribution in [0, 0.1) is 0 Å². The van der Waals surface area contributed by atoms with Crippen molar-refractivity contribution >= 4 is 40.2 Å². The van der Waals surface area contributed by atoms with Gasteiger partial charge in [0.1, 0.15) is 11.6 Å². The molecule has 2 amide bonds. The molecule has 1 fully saturated rings. The summed E-state index contributed by atoms with van der Waals surface area (Å²) in [6.07, 6.45) is 3.54. The molecule has 0 radical (unpaired) electrons. The van der Waals surface area contributed by atoms with E-state index >= 15 is 0 Å². The van der Waals surface area contributed by atoms with Gasteiger partial charge in [0.25, 0.3) is 0 Å². The third-order valence-electron chi connectivity index (χ3n) is 4.86. The molecule has 2 aromatic rings. The molecule has 8 heteroatoms. The van der Waals surface area contributed by atoms with Crippen LogP contribution in [-0.2, 0) is 9.53 Å². The quantitative estimate of drug-likeness (QED) is 0.668. The standard InChI is InChI=1S/C22H29ClN4O3/c1-22(2,3)30-21(29)27-13-4-6-19(27)20(28)26-11-5-10-24-17-9-12-25-18-14-15(23)7-8-16(17)18/h7-9,12,14,19H,4-6,10-11,13H2,1-3H3,(H,24,25)(H,26,28)/t19-/m0/s1. The molecular formula is C22H29ClN4O3. The largest absolute Gasteiger partial charge is 0.444 e. The fraction of sp³-hybridized carbons (Fsp3) is 0.500. The molecule has 30 heavy (non-hydrogen) atoms. The molecule has 0 bridgehead atoms. The second kappa shape index (κ2) is 9.51. The third kappa shape index (κ3) is 5.75. The number of benzene rings is 1. The highest BCUT2D eigenvalue weighted by Gasteiger charge is 2.36. The second-order valence-corrected chi connectivity index (χ2v) is 8.86. The smallest absolute Gasteiger partial charge is 0.410 e. The normalized spacial score (nSPS) is 16.5. The lowest BCUT2D eigenvalue weighted by molar-refractivity contribution is -0.125. The molecule has 1 saturated heterocycles. The van der Waals surface area contributed by atoms with E-state index in [9.17, 15) is 9.59 Å². The molecule has 0 spiro atoms. The minimum atomic E-state index is -0.575. The Morgan fingerprint density at radius 1 is 1.27 bits per heavy atom. The minimum Gasteiger partial charge on any atom is -0.444 e. The van der Waals surface area contributed by atoms with Gasteiger partial charge in [0, 0.05) is 41.9 Å².